The van der Waals surface area contributed by atoms with Crippen LogP contribution in [0, 0.1) is 5.82 Å². The smallest absolute Gasteiger partial charge is 0.131 e. The first-order valence-corrected chi connectivity index (χ1v) is 6.11. The Morgan fingerprint density at radius 3 is 2.67 bits per heavy atom. The summed E-state index contributed by atoms with van der Waals surface area (Å²) in [5.41, 5.74) is 2.78. The van der Waals surface area contributed by atoms with E-state index in [9.17, 15) is 4.39 Å². The van der Waals surface area contributed by atoms with Crippen molar-refractivity contribution in [2.75, 3.05) is 6.61 Å². The molecule has 3 nitrogen and oxygen atoms in total. The summed E-state index contributed by atoms with van der Waals surface area (Å²) in [4.78, 5) is 0. The second kappa shape index (κ2) is 5.21. The molecule has 0 aliphatic rings. The van der Waals surface area contributed by atoms with E-state index in [1.54, 1.807) is 6.07 Å². The van der Waals surface area contributed by atoms with Gasteiger partial charge in [-0.2, -0.15) is 5.10 Å². The number of hydrogen-bond donors (Lipinski definition) is 0. The van der Waals surface area contributed by atoms with Gasteiger partial charge in [0.05, 0.1) is 12.3 Å². The van der Waals surface area contributed by atoms with Crippen molar-refractivity contribution in [3.05, 3.63) is 35.8 Å². The average molecular weight is 248 g/mol. The molecule has 0 bridgehead atoms. The Kier molecular flexibility index (Phi) is 3.65. The fraction of sp³-hybridized carbons (Fsp3) is 0.357. The molecular weight excluding hydrogens is 231 g/mol. The molecule has 2 rings (SSSR count). The Labute approximate surface area is 106 Å². The summed E-state index contributed by atoms with van der Waals surface area (Å²) in [7, 11) is 1.91. The largest absolute Gasteiger partial charge is 0.493 e. The molecule has 0 radical (unpaired) electrons. The summed E-state index contributed by atoms with van der Waals surface area (Å²) < 4.78 is 20.5. The number of hydrogen-bond acceptors (Lipinski definition) is 2. The van der Waals surface area contributed by atoms with Gasteiger partial charge in [0.15, 0.2) is 0 Å². The first kappa shape index (κ1) is 12.6. The maximum Gasteiger partial charge on any atom is 0.131 e. The predicted octanol–water partition coefficient (Wildman–Crippen LogP) is 3.19. The first-order valence-electron chi connectivity index (χ1n) is 6.11. The standard InChI is InChI=1S/C14H17FN2O/c1-4-11-9-13(16-17(11)3)12-7-6-10(15)8-14(12)18-5-2/h6-9H,4-5H2,1-3H3. The first-order chi connectivity index (χ1) is 8.65. The van der Waals surface area contributed by atoms with Crippen molar-refractivity contribution >= 4 is 0 Å². The summed E-state index contributed by atoms with van der Waals surface area (Å²) in [6.45, 7) is 4.46. The van der Waals surface area contributed by atoms with Crippen LogP contribution in [0.4, 0.5) is 4.39 Å². The highest BCUT2D eigenvalue weighted by Crippen LogP contribution is 2.30. The molecule has 0 amide bonds. The molecule has 18 heavy (non-hydrogen) atoms. The summed E-state index contributed by atoms with van der Waals surface area (Å²) in [6, 6.07) is 6.55. The highest BCUT2D eigenvalue weighted by molar-refractivity contribution is 5.67. The van der Waals surface area contributed by atoms with Gasteiger partial charge in [0.1, 0.15) is 11.6 Å². The van der Waals surface area contributed by atoms with Crippen molar-refractivity contribution in [2.45, 2.75) is 20.3 Å². The Morgan fingerprint density at radius 1 is 1.28 bits per heavy atom. The van der Waals surface area contributed by atoms with E-state index in [1.165, 1.54) is 12.1 Å². The van der Waals surface area contributed by atoms with Crippen LogP contribution in [0.3, 0.4) is 0 Å². The van der Waals surface area contributed by atoms with E-state index >= 15 is 0 Å². The molecular formula is C14H17FN2O. The zero-order valence-corrected chi connectivity index (χ0v) is 10.9. The van der Waals surface area contributed by atoms with Crippen molar-refractivity contribution in [3.8, 4) is 17.0 Å². The minimum atomic E-state index is -0.297. The summed E-state index contributed by atoms with van der Waals surface area (Å²) >= 11 is 0. The van der Waals surface area contributed by atoms with Gasteiger partial charge >= 0.3 is 0 Å². The predicted molar refractivity (Wildman–Crippen MR) is 69.1 cm³/mol. The Balaban J connectivity index is 2.48. The second-order valence-corrected chi connectivity index (χ2v) is 4.07. The quantitative estimate of drug-likeness (QED) is 0.831. The summed E-state index contributed by atoms with van der Waals surface area (Å²) in [6.07, 6.45) is 0.911. The van der Waals surface area contributed by atoms with Crippen LogP contribution in [0.2, 0.25) is 0 Å². The second-order valence-electron chi connectivity index (χ2n) is 4.07. The fourth-order valence-electron chi connectivity index (χ4n) is 1.95. The highest BCUT2D eigenvalue weighted by Gasteiger charge is 2.12. The highest BCUT2D eigenvalue weighted by atomic mass is 19.1. The van der Waals surface area contributed by atoms with Crippen LogP contribution in [0.5, 0.6) is 5.75 Å². The Morgan fingerprint density at radius 2 is 2.06 bits per heavy atom. The number of benzene rings is 1. The van der Waals surface area contributed by atoms with Crippen molar-refractivity contribution in [3.63, 3.8) is 0 Å². The molecule has 0 saturated heterocycles. The molecule has 96 valence electrons. The molecule has 0 aliphatic carbocycles. The Bertz CT molecular complexity index is 549. The molecule has 0 spiro atoms. The van der Waals surface area contributed by atoms with Gasteiger partial charge < -0.3 is 4.74 Å². The van der Waals surface area contributed by atoms with Crippen molar-refractivity contribution in [1.29, 1.82) is 0 Å². The zero-order valence-electron chi connectivity index (χ0n) is 10.9. The molecule has 0 fully saturated rings. The minimum absolute atomic E-state index is 0.297. The van der Waals surface area contributed by atoms with E-state index in [0.29, 0.717) is 12.4 Å². The number of ether oxygens (including phenoxy) is 1. The lowest BCUT2D eigenvalue weighted by molar-refractivity contribution is 0.339. The van der Waals surface area contributed by atoms with Gasteiger partial charge in [0.2, 0.25) is 0 Å². The van der Waals surface area contributed by atoms with Crippen LogP contribution in [-0.4, -0.2) is 16.4 Å². The van der Waals surface area contributed by atoms with E-state index < -0.39 is 0 Å². The SMILES string of the molecule is CCOc1cc(F)ccc1-c1cc(CC)n(C)n1. The molecule has 0 atom stereocenters. The van der Waals surface area contributed by atoms with E-state index in [2.05, 4.69) is 12.0 Å². The van der Waals surface area contributed by atoms with E-state index in [0.717, 1.165) is 23.4 Å². The van der Waals surface area contributed by atoms with Gasteiger partial charge in [-0.3, -0.25) is 4.68 Å². The zero-order chi connectivity index (χ0) is 13.1. The molecule has 0 saturated carbocycles. The van der Waals surface area contributed by atoms with Gasteiger partial charge in [0, 0.05) is 24.4 Å². The van der Waals surface area contributed by atoms with Crippen LogP contribution in [0.25, 0.3) is 11.3 Å². The molecule has 4 heteroatoms. The number of aryl methyl sites for hydroxylation is 2. The molecule has 0 unspecified atom stereocenters. The van der Waals surface area contributed by atoms with Gasteiger partial charge in [-0.1, -0.05) is 6.92 Å². The number of halogens is 1. The van der Waals surface area contributed by atoms with Crippen LogP contribution in [0.15, 0.2) is 24.3 Å². The van der Waals surface area contributed by atoms with Crippen molar-refractivity contribution in [1.82, 2.24) is 9.78 Å². The third-order valence-electron chi connectivity index (χ3n) is 2.86. The maximum atomic E-state index is 13.2. The summed E-state index contributed by atoms with van der Waals surface area (Å²) in [5.74, 6) is 0.243. The number of rotatable bonds is 4. The molecule has 1 aromatic heterocycles. The molecule has 0 aliphatic heterocycles. The molecule has 0 N–H and O–H groups in total. The van der Waals surface area contributed by atoms with Crippen LogP contribution < -0.4 is 4.74 Å². The number of nitrogens with zero attached hydrogens (tertiary/aromatic N) is 2. The fourth-order valence-corrected chi connectivity index (χ4v) is 1.95. The van der Waals surface area contributed by atoms with Gasteiger partial charge in [-0.15, -0.1) is 0 Å². The van der Waals surface area contributed by atoms with Gasteiger partial charge in [-0.05, 0) is 31.5 Å². The minimum Gasteiger partial charge on any atom is -0.493 e. The molecule has 2 aromatic rings. The van der Waals surface area contributed by atoms with Gasteiger partial charge in [0.25, 0.3) is 0 Å². The van der Waals surface area contributed by atoms with Gasteiger partial charge in [-0.25, -0.2) is 4.39 Å². The maximum absolute atomic E-state index is 13.2. The lowest BCUT2D eigenvalue weighted by atomic mass is 10.1. The third kappa shape index (κ3) is 2.37. The lowest BCUT2D eigenvalue weighted by Gasteiger charge is -2.08. The monoisotopic (exact) mass is 248 g/mol. The topological polar surface area (TPSA) is 27.1 Å². The van der Waals surface area contributed by atoms with E-state index in [1.807, 2.05) is 24.7 Å². The van der Waals surface area contributed by atoms with E-state index in [4.69, 9.17) is 4.74 Å². The van der Waals surface area contributed by atoms with Crippen molar-refractivity contribution in [2.24, 2.45) is 7.05 Å². The molecule has 1 aromatic carbocycles. The average Bonchev–Trinajstić information content (AvgIpc) is 2.71. The summed E-state index contributed by atoms with van der Waals surface area (Å²) in [5, 5.41) is 4.44. The number of aromatic nitrogens is 2. The normalized spacial score (nSPS) is 10.7. The van der Waals surface area contributed by atoms with Crippen LogP contribution in [-0.2, 0) is 13.5 Å². The van der Waals surface area contributed by atoms with Crippen LogP contribution >= 0.6 is 0 Å². The lowest BCUT2D eigenvalue weighted by Crippen LogP contribution is -1.97. The van der Waals surface area contributed by atoms with Crippen molar-refractivity contribution < 1.29 is 9.13 Å². The van der Waals surface area contributed by atoms with E-state index in [-0.39, 0.29) is 5.82 Å². The third-order valence-corrected chi connectivity index (χ3v) is 2.86. The Hall–Kier alpha value is -1.84. The molecule has 1 heterocycles. The van der Waals surface area contributed by atoms with Crippen LogP contribution in [0.1, 0.15) is 19.5 Å².